The topological polar surface area (TPSA) is 98.7 Å². The van der Waals surface area contributed by atoms with E-state index in [9.17, 15) is 19.8 Å². The number of aromatic hydroxyl groups is 2. The van der Waals surface area contributed by atoms with Crippen molar-refractivity contribution in [1.82, 2.24) is 5.32 Å². The van der Waals surface area contributed by atoms with Crippen molar-refractivity contribution in [3.63, 3.8) is 0 Å². The van der Waals surface area contributed by atoms with Crippen molar-refractivity contribution < 1.29 is 19.8 Å². The summed E-state index contributed by atoms with van der Waals surface area (Å²) in [6.45, 7) is 1.84. The van der Waals surface area contributed by atoms with Crippen LogP contribution in [0.25, 0.3) is 0 Å². The first-order chi connectivity index (χ1) is 10.5. The van der Waals surface area contributed by atoms with Gasteiger partial charge in [-0.2, -0.15) is 0 Å². The number of phenolic OH excluding ortho intramolecular Hbond substituents is 2. The third-order valence-electron chi connectivity index (χ3n) is 3.60. The molecular weight excluding hydrogens is 284 g/mol. The molecule has 0 bridgehead atoms. The molecule has 1 aliphatic rings. The van der Waals surface area contributed by atoms with Gasteiger partial charge in [0.1, 0.15) is 11.5 Å². The summed E-state index contributed by atoms with van der Waals surface area (Å²) >= 11 is 0. The van der Waals surface area contributed by atoms with Gasteiger partial charge in [-0.25, -0.2) is 0 Å². The van der Waals surface area contributed by atoms with Gasteiger partial charge in [0.05, 0.1) is 17.2 Å². The minimum atomic E-state index is -0.413. The first kappa shape index (κ1) is 13.9. The van der Waals surface area contributed by atoms with Crippen molar-refractivity contribution in [2.75, 3.05) is 5.32 Å². The van der Waals surface area contributed by atoms with E-state index in [-0.39, 0.29) is 17.5 Å². The molecule has 0 aliphatic carbocycles. The van der Waals surface area contributed by atoms with Crippen LogP contribution in [-0.2, 0) is 0 Å². The van der Waals surface area contributed by atoms with E-state index in [0.29, 0.717) is 22.4 Å². The summed E-state index contributed by atoms with van der Waals surface area (Å²) in [5.41, 5.74) is 1.95. The first-order valence-electron chi connectivity index (χ1n) is 6.74. The lowest BCUT2D eigenvalue weighted by atomic mass is 10.0. The molecule has 6 heteroatoms. The monoisotopic (exact) mass is 298 g/mol. The van der Waals surface area contributed by atoms with Crippen molar-refractivity contribution in [1.29, 1.82) is 0 Å². The number of anilines is 1. The Labute approximate surface area is 126 Å². The smallest absolute Gasteiger partial charge is 0.259 e. The van der Waals surface area contributed by atoms with Crippen LogP contribution in [0.4, 0.5) is 5.69 Å². The number of carbonyl (C=O) groups excluding carboxylic acids is 2. The number of phenols is 2. The Balaban J connectivity index is 1.86. The SMILES string of the molecule is CC(Nc1ccc2c(c1)C(=O)NC2=O)c1ccc(O)cc1O. The molecular formula is C16H14N2O4. The molecule has 2 amide bonds. The van der Waals surface area contributed by atoms with Gasteiger partial charge in [-0.3, -0.25) is 14.9 Å². The second kappa shape index (κ2) is 5.07. The Morgan fingerprint density at radius 2 is 1.73 bits per heavy atom. The largest absolute Gasteiger partial charge is 0.508 e. The maximum absolute atomic E-state index is 11.6. The van der Waals surface area contributed by atoms with E-state index < -0.39 is 11.8 Å². The number of hydrogen-bond donors (Lipinski definition) is 4. The molecule has 1 aliphatic heterocycles. The van der Waals surface area contributed by atoms with Gasteiger partial charge < -0.3 is 15.5 Å². The van der Waals surface area contributed by atoms with Gasteiger partial charge in [0.15, 0.2) is 0 Å². The van der Waals surface area contributed by atoms with Crippen molar-refractivity contribution in [2.45, 2.75) is 13.0 Å². The van der Waals surface area contributed by atoms with E-state index in [1.54, 1.807) is 24.3 Å². The number of imide groups is 1. The van der Waals surface area contributed by atoms with E-state index in [0.717, 1.165) is 0 Å². The number of hydrogen-bond acceptors (Lipinski definition) is 5. The zero-order valence-electron chi connectivity index (χ0n) is 11.8. The summed E-state index contributed by atoms with van der Waals surface area (Å²) in [5, 5.41) is 24.6. The molecule has 3 rings (SSSR count). The van der Waals surface area contributed by atoms with Crippen molar-refractivity contribution in [3.8, 4) is 11.5 Å². The second-order valence-electron chi connectivity index (χ2n) is 5.15. The molecule has 0 spiro atoms. The molecule has 6 nitrogen and oxygen atoms in total. The van der Waals surface area contributed by atoms with Crippen LogP contribution in [0.3, 0.4) is 0 Å². The number of benzene rings is 2. The highest BCUT2D eigenvalue weighted by Gasteiger charge is 2.26. The summed E-state index contributed by atoms with van der Waals surface area (Å²) < 4.78 is 0. The predicted molar refractivity (Wildman–Crippen MR) is 80.0 cm³/mol. The fourth-order valence-corrected chi connectivity index (χ4v) is 2.48. The number of amides is 2. The standard InChI is InChI=1S/C16H14N2O4/c1-8(11-5-3-10(19)7-14(11)20)17-9-2-4-12-13(6-9)16(22)18-15(12)21/h2-8,17,19-20H,1H3,(H,18,21,22). The molecule has 2 aromatic carbocycles. The van der Waals surface area contributed by atoms with Crippen LogP contribution in [0, 0.1) is 0 Å². The molecule has 0 fully saturated rings. The van der Waals surface area contributed by atoms with Crippen LogP contribution < -0.4 is 10.6 Å². The van der Waals surface area contributed by atoms with E-state index in [2.05, 4.69) is 10.6 Å². The lowest BCUT2D eigenvalue weighted by molar-refractivity contribution is 0.0879. The van der Waals surface area contributed by atoms with Crippen LogP contribution in [0.1, 0.15) is 39.2 Å². The van der Waals surface area contributed by atoms with Crippen molar-refractivity contribution in [2.24, 2.45) is 0 Å². The molecule has 112 valence electrons. The number of nitrogens with one attached hydrogen (secondary N) is 2. The molecule has 0 saturated heterocycles. The zero-order valence-corrected chi connectivity index (χ0v) is 11.8. The predicted octanol–water partition coefficient (Wildman–Crippen LogP) is 2.15. The average Bonchev–Trinajstić information content (AvgIpc) is 2.73. The van der Waals surface area contributed by atoms with E-state index in [1.165, 1.54) is 12.1 Å². The van der Waals surface area contributed by atoms with E-state index in [4.69, 9.17) is 0 Å². The normalized spacial score (nSPS) is 14.4. The van der Waals surface area contributed by atoms with Crippen LogP contribution in [0.5, 0.6) is 11.5 Å². The van der Waals surface area contributed by atoms with Crippen LogP contribution >= 0.6 is 0 Å². The minimum absolute atomic E-state index is 0.0128. The van der Waals surface area contributed by atoms with Gasteiger partial charge in [-0.05, 0) is 37.3 Å². The van der Waals surface area contributed by atoms with E-state index >= 15 is 0 Å². The highest BCUT2D eigenvalue weighted by Crippen LogP contribution is 2.30. The molecule has 1 atom stereocenters. The summed E-state index contributed by atoms with van der Waals surface area (Å²) in [4.78, 5) is 23.1. The number of fused-ring (bicyclic) bond motifs is 1. The highest BCUT2D eigenvalue weighted by atomic mass is 16.3. The van der Waals surface area contributed by atoms with Crippen molar-refractivity contribution >= 4 is 17.5 Å². The fourth-order valence-electron chi connectivity index (χ4n) is 2.48. The van der Waals surface area contributed by atoms with Gasteiger partial charge in [0.25, 0.3) is 11.8 Å². The maximum Gasteiger partial charge on any atom is 0.259 e. The minimum Gasteiger partial charge on any atom is -0.508 e. The third kappa shape index (κ3) is 2.35. The lowest BCUT2D eigenvalue weighted by Gasteiger charge is -2.17. The maximum atomic E-state index is 11.6. The van der Waals surface area contributed by atoms with Crippen LogP contribution in [0.15, 0.2) is 36.4 Å². The number of rotatable bonds is 3. The summed E-state index contributed by atoms with van der Waals surface area (Å²) in [7, 11) is 0. The van der Waals surface area contributed by atoms with Gasteiger partial charge >= 0.3 is 0 Å². The molecule has 4 N–H and O–H groups in total. The Kier molecular flexibility index (Phi) is 3.21. The number of carbonyl (C=O) groups is 2. The average molecular weight is 298 g/mol. The second-order valence-corrected chi connectivity index (χ2v) is 5.15. The van der Waals surface area contributed by atoms with E-state index in [1.807, 2.05) is 6.92 Å². The zero-order chi connectivity index (χ0) is 15.9. The molecule has 0 radical (unpaired) electrons. The Morgan fingerprint density at radius 1 is 1.00 bits per heavy atom. The van der Waals surface area contributed by atoms with Crippen molar-refractivity contribution in [3.05, 3.63) is 53.1 Å². The molecule has 22 heavy (non-hydrogen) atoms. The molecule has 2 aromatic rings. The molecule has 0 aromatic heterocycles. The molecule has 0 saturated carbocycles. The van der Waals surface area contributed by atoms with Crippen LogP contribution in [-0.4, -0.2) is 22.0 Å². The molecule has 1 unspecified atom stereocenters. The Hall–Kier alpha value is -3.02. The van der Waals surface area contributed by atoms with Gasteiger partial charge in [-0.1, -0.05) is 0 Å². The van der Waals surface area contributed by atoms with Crippen LogP contribution in [0.2, 0.25) is 0 Å². The lowest BCUT2D eigenvalue weighted by Crippen LogP contribution is -2.19. The first-order valence-corrected chi connectivity index (χ1v) is 6.74. The Bertz CT molecular complexity index is 786. The molecule has 1 heterocycles. The van der Waals surface area contributed by atoms with Gasteiger partial charge in [0, 0.05) is 17.3 Å². The highest BCUT2D eigenvalue weighted by molar-refractivity contribution is 6.21. The third-order valence-corrected chi connectivity index (χ3v) is 3.60. The Morgan fingerprint density at radius 3 is 2.45 bits per heavy atom. The fraction of sp³-hybridized carbons (Fsp3) is 0.125. The summed E-state index contributed by atoms with van der Waals surface area (Å²) in [6, 6.07) is 9.00. The van der Waals surface area contributed by atoms with Gasteiger partial charge in [0.2, 0.25) is 0 Å². The summed E-state index contributed by atoms with van der Waals surface area (Å²) in [5.74, 6) is -0.838. The summed E-state index contributed by atoms with van der Waals surface area (Å²) in [6.07, 6.45) is 0. The van der Waals surface area contributed by atoms with Gasteiger partial charge in [-0.15, -0.1) is 0 Å². The quantitative estimate of drug-likeness (QED) is 0.651.